The first-order chi connectivity index (χ1) is 13.0. The fourth-order valence-corrected chi connectivity index (χ4v) is 2.60. The van der Waals surface area contributed by atoms with Crippen LogP contribution in [0.15, 0.2) is 54.6 Å². The summed E-state index contributed by atoms with van der Waals surface area (Å²) in [5.74, 6) is 1.56. The van der Waals surface area contributed by atoms with Crippen LogP contribution in [0, 0.1) is 13.8 Å². The maximum Gasteiger partial charge on any atom is 0.274 e. The number of rotatable bonds is 6. The maximum absolute atomic E-state index is 12.6. The van der Waals surface area contributed by atoms with Crippen molar-refractivity contribution in [1.82, 2.24) is 9.97 Å². The first-order valence-corrected chi connectivity index (χ1v) is 8.77. The van der Waals surface area contributed by atoms with Crippen LogP contribution in [-0.2, 0) is 0 Å². The van der Waals surface area contributed by atoms with E-state index < -0.39 is 0 Å². The Morgan fingerprint density at radius 3 is 2.48 bits per heavy atom. The average Bonchev–Trinajstić information content (AvgIpc) is 2.65. The van der Waals surface area contributed by atoms with Crippen LogP contribution in [0.5, 0.6) is 5.75 Å². The summed E-state index contributed by atoms with van der Waals surface area (Å²) in [4.78, 5) is 21.2. The van der Waals surface area contributed by atoms with Crippen molar-refractivity contribution in [3.05, 3.63) is 71.7 Å². The van der Waals surface area contributed by atoms with Gasteiger partial charge < -0.3 is 15.4 Å². The van der Waals surface area contributed by atoms with Crippen molar-refractivity contribution in [2.24, 2.45) is 0 Å². The van der Waals surface area contributed by atoms with Crippen molar-refractivity contribution >= 4 is 23.1 Å². The molecule has 2 N–H and O–H groups in total. The van der Waals surface area contributed by atoms with E-state index in [9.17, 15) is 4.79 Å². The number of anilines is 3. The van der Waals surface area contributed by atoms with Crippen molar-refractivity contribution in [3.8, 4) is 5.75 Å². The van der Waals surface area contributed by atoms with Crippen LogP contribution in [0.1, 0.15) is 28.8 Å². The molecule has 0 saturated carbocycles. The van der Waals surface area contributed by atoms with Crippen LogP contribution in [0.25, 0.3) is 0 Å². The van der Waals surface area contributed by atoms with E-state index in [1.807, 2.05) is 50.2 Å². The quantitative estimate of drug-likeness (QED) is 0.676. The van der Waals surface area contributed by atoms with E-state index in [0.29, 0.717) is 29.6 Å². The molecule has 27 heavy (non-hydrogen) atoms. The molecule has 1 amide bonds. The van der Waals surface area contributed by atoms with Gasteiger partial charge in [0.05, 0.1) is 6.61 Å². The van der Waals surface area contributed by atoms with Gasteiger partial charge in [0.2, 0.25) is 0 Å². The molecule has 1 aromatic heterocycles. The minimum Gasteiger partial charge on any atom is -0.494 e. The Balaban J connectivity index is 1.76. The number of para-hydroxylation sites is 1. The first-order valence-electron chi connectivity index (χ1n) is 8.77. The van der Waals surface area contributed by atoms with Gasteiger partial charge in [0.1, 0.15) is 23.1 Å². The van der Waals surface area contributed by atoms with Gasteiger partial charge in [-0.25, -0.2) is 9.97 Å². The molecule has 3 aromatic rings. The fraction of sp³-hybridized carbons (Fsp3) is 0.190. The standard InChI is InChI=1S/C21H22N4O2/c1-4-27-17-11-9-16(10-12-17)24-21(26)19-13-20(23-15(3)22-19)25-18-8-6-5-7-14(18)2/h5-13H,4H2,1-3H3,(H,24,26)(H,22,23,25). The van der Waals surface area contributed by atoms with Gasteiger partial charge in [0, 0.05) is 17.4 Å². The molecule has 6 nitrogen and oxygen atoms in total. The van der Waals surface area contributed by atoms with E-state index in [1.54, 1.807) is 25.1 Å². The molecule has 0 saturated heterocycles. The molecule has 1 heterocycles. The molecular formula is C21H22N4O2. The summed E-state index contributed by atoms with van der Waals surface area (Å²) in [5.41, 5.74) is 3.00. The van der Waals surface area contributed by atoms with E-state index in [2.05, 4.69) is 20.6 Å². The molecular weight excluding hydrogens is 340 g/mol. The minimum atomic E-state index is -0.294. The lowest BCUT2D eigenvalue weighted by Gasteiger charge is -2.11. The third kappa shape index (κ3) is 4.82. The molecule has 0 aliphatic rings. The van der Waals surface area contributed by atoms with Gasteiger partial charge in [-0.05, 0) is 56.7 Å². The second-order valence-corrected chi connectivity index (χ2v) is 6.04. The first kappa shape index (κ1) is 18.4. The van der Waals surface area contributed by atoms with Crippen molar-refractivity contribution in [3.63, 3.8) is 0 Å². The molecule has 138 valence electrons. The largest absolute Gasteiger partial charge is 0.494 e. The number of carbonyl (C=O) groups is 1. The zero-order chi connectivity index (χ0) is 19.2. The summed E-state index contributed by atoms with van der Waals surface area (Å²) in [6, 6.07) is 16.8. The minimum absolute atomic E-state index is 0.294. The molecule has 0 aliphatic carbocycles. The van der Waals surface area contributed by atoms with Crippen LogP contribution >= 0.6 is 0 Å². The van der Waals surface area contributed by atoms with E-state index >= 15 is 0 Å². The van der Waals surface area contributed by atoms with Gasteiger partial charge in [-0.2, -0.15) is 0 Å². The highest BCUT2D eigenvalue weighted by molar-refractivity contribution is 6.03. The molecule has 3 rings (SSSR count). The molecule has 0 fully saturated rings. The number of aryl methyl sites for hydroxylation is 2. The lowest BCUT2D eigenvalue weighted by molar-refractivity contribution is 0.102. The predicted octanol–water partition coefficient (Wildman–Crippen LogP) is 4.49. The number of carbonyl (C=O) groups excluding carboxylic acids is 1. The zero-order valence-electron chi connectivity index (χ0n) is 15.6. The van der Waals surface area contributed by atoms with Crippen molar-refractivity contribution < 1.29 is 9.53 Å². The van der Waals surface area contributed by atoms with E-state index in [1.165, 1.54) is 0 Å². The Kier molecular flexibility index (Phi) is 5.66. The van der Waals surface area contributed by atoms with E-state index in [-0.39, 0.29) is 5.91 Å². The Hall–Kier alpha value is -3.41. The molecule has 0 bridgehead atoms. The zero-order valence-corrected chi connectivity index (χ0v) is 15.6. The summed E-state index contributed by atoms with van der Waals surface area (Å²) >= 11 is 0. The summed E-state index contributed by atoms with van der Waals surface area (Å²) in [7, 11) is 0. The second-order valence-electron chi connectivity index (χ2n) is 6.04. The van der Waals surface area contributed by atoms with Gasteiger partial charge in [-0.1, -0.05) is 18.2 Å². The number of aromatic nitrogens is 2. The van der Waals surface area contributed by atoms with Gasteiger partial charge >= 0.3 is 0 Å². The van der Waals surface area contributed by atoms with Crippen molar-refractivity contribution in [2.75, 3.05) is 17.2 Å². The van der Waals surface area contributed by atoms with Crippen molar-refractivity contribution in [2.45, 2.75) is 20.8 Å². The van der Waals surface area contributed by atoms with E-state index in [4.69, 9.17) is 4.74 Å². The third-order valence-corrected chi connectivity index (χ3v) is 3.90. The number of hydrogen-bond acceptors (Lipinski definition) is 5. The Bertz CT molecular complexity index is 939. The third-order valence-electron chi connectivity index (χ3n) is 3.90. The summed E-state index contributed by atoms with van der Waals surface area (Å²) in [5, 5.41) is 6.09. The molecule has 0 spiro atoms. The number of nitrogens with zero attached hydrogens (tertiary/aromatic N) is 2. The number of benzene rings is 2. The van der Waals surface area contributed by atoms with Crippen molar-refractivity contribution in [1.29, 1.82) is 0 Å². The normalized spacial score (nSPS) is 10.3. The highest BCUT2D eigenvalue weighted by Crippen LogP contribution is 2.20. The molecule has 0 atom stereocenters. The van der Waals surface area contributed by atoms with E-state index in [0.717, 1.165) is 17.0 Å². The predicted molar refractivity (Wildman–Crippen MR) is 107 cm³/mol. The summed E-state index contributed by atoms with van der Waals surface area (Å²) in [6.45, 7) is 6.30. The summed E-state index contributed by atoms with van der Waals surface area (Å²) < 4.78 is 5.41. The highest BCUT2D eigenvalue weighted by Gasteiger charge is 2.12. The van der Waals surface area contributed by atoms with Crippen LogP contribution < -0.4 is 15.4 Å². The van der Waals surface area contributed by atoms with Crippen LogP contribution in [-0.4, -0.2) is 22.5 Å². The van der Waals surface area contributed by atoms with Gasteiger partial charge in [-0.3, -0.25) is 4.79 Å². The number of ether oxygens (including phenoxy) is 1. The second kappa shape index (κ2) is 8.31. The Morgan fingerprint density at radius 2 is 1.78 bits per heavy atom. The topological polar surface area (TPSA) is 76.1 Å². The number of hydrogen-bond donors (Lipinski definition) is 2. The van der Waals surface area contributed by atoms with Crippen LogP contribution in [0.2, 0.25) is 0 Å². The molecule has 0 aliphatic heterocycles. The average molecular weight is 362 g/mol. The number of nitrogens with one attached hydrogen (secondary N) is 2. The lowest BCUT2D eigenvalue weighted by Crippen LogP contribution is -2.15. The fourth-order valence-electron chi connectivity index (χ4n) is 2.60. The molecule has 0 unspecified atom stereocenters. The van der Waals surface area contributed by atoms with Crippen LogP contribution in [0.4, 0.5) is 17.2 Å². The highest BCUT2D eigenvalue weighted by atomic mass is 16.5. The monoisotopic (exact) mass is 362 g/mol. The molecule has 2 aromatic carbocycles. The van der Waals surface area contributed by atoms with Crippen LogP contribution in [0.3, 0.4) is 0 Å². The number of amides is 1. The molecule has 0 radical (unpaired) electrons. The van der Waals surface area contributed by atoms with Gasteiger partial charge in [0.15, 0.2) is 0 Å². The maximum atomic E-state index is 12.6. The smallest absolute Gasteiger partial charge is 0.274 e. The lowest BCUT2D eigenvalue weighted by atomic mass is 10.2. The SMILES string of the molecule is CCOc1ccc(NC(=O)c2cc(Nc3ccccc3C)nc(C)n2)cc1. The summed E-state index contributed by atoms with van der Waals surface area (Å²) in [6.07, 6.45) is 0. The van der Waals surface area contributed by atoms with Gasteiger partial charge in [0.25, 0.3) is 5.91 Å². The Labute approximate surface area is 158 Å². The molecule has 6 heteroatoms. The Morgan fingerprint density at radius 1 is 1.04 bits per heavy atom. The van der Waals surface area contributed by atoms with Gasteiger partial charge in [-0.15, -0.1) is 0 Å².